The summed E-state index contributed by atoms with van der Waals surface area (Å²) >= 11 is 0. The Hall–Kier alpha value is -0.990. The van der Waals surface area contributed by atoms with E-state index in [0.29, 0.717) is 5.75 Å². The van der Waals surface area contributed by atoms with E-state index in [1.165, 1.54) is 0 Å². The van der Waals surface area contributed by atoms with E-state index in [1.807, 2.05) is 13.8 Å². The molecule has 1 aromatic rings. The molecule has 0 fully saturated rings. The monoisotopic (exact) mass is 182 g/mol. The molecule has 0 bridgehead atoms. The summed E-state index contributed by atoms with van der Waals surface area (Å²) in [5.74, 6) is 0.563. The average Bonchev–Trinajstić information content (AvgIpc) is 2.29. The first-order valence-electron chi connectivity index (χ1n) is 4.61. The van der Waals surface area contributed by atoms with Crippen molar-refractivity contribution in [3.05, 3.63) is 11.9 Å². The van der Waals surface area contributed by atoms with Crippen LogP contribution in [0.2, 0.25) is 0 Å². The summed E-state index contributed by atoms with van der Waals surface area (Å²) in [5.41, 5.74) is 0.708. The Morgan fingerprint density at radius 1 is 1.38 bits per heavy atom. The zero-order valence-corrected chi connectivity index (χ0v) is 9.00. The normalized spacial score (nSPS) is 12.5. The molecule has 3 nitrogen and oxygen atoms in total. The van der Waals surface area contributed by atoms with Gasteiger partial charge in [-0.05, 0) is 20.8 Å². The fourth-order valence-corrected chi connectivity index (χ4v) is 1.13. The highest BCUT2D eigenvalue weighted by Crippen LogP contribution is 2.26. The van der Waals surface area contributed by atoms with Crippen molar-refractivity contribution in [1.82, 2.24) is 9.78 Å². The molecule has 74 valence electrons. The van der Waals surface area contributed by atoms with Crippen molar-refractivity contribution in [3.63, 3.8) is 0 Å². The molecular weight excluding hydrogens is 164 g/mol. The predicted octanol–water partition coefficient (Wildman–Crippen LogP) is 2.47. The van der Waals surface area contributed by atoms with Gasteiger partial charge in [0.1, 0.15) is 5.69 Å². The second-order valence-corrected chi connectivity index (χ2v) is 4.67. The molecule has 13 heavy (non-hydrogen) atoms. The lowest BCUT2D eigenvalue weighted by atomic mass is 10.1. The van der Waals surface area contributed by atoms with Crippen LogP contribution in [-0.4, -0.2) is 14.9 Å². The lowest BCUT2D eigenvalue weighted by Crippen LogP contribution is -2.22. The van der Waals surface area contributed by atoms with Crippen molar-refractivity contribution in [2.45, 2.75) is 46.1 Å². The summed E-state index contributed by atoms with van der Waals surface area (Å²) in [6.07, 6.45) is 1.69. The summed E-state index contributed by atoms with van der Waals surface area (Å²) in [6.45, 7) is 10.2. The quantitative estimate of drug-likeness (QED) is 0.724. The number of rotatable bonds is 1. The second-order valence-electron chi connectivity index (χ2n) is 4.67. The molecule has 0 aromatic carbocycles. The lowest BCUT2D eigenvalue weighted by molar-refractivity contribution is 0.351. The SMILES string of the molecule is CC(C)c1nn(C(C)(C)C)cc1O. The minimum atomic E-state index is -0.0649. The number of aromatic nitrogens is 2. The smallest absolute Gasteiger partial charge is 0.157 e. The molecule has 0 aliphatic heterocycles. The molecule has 0 radical (unpaired) electrons. The molecule has 0 amide bonds. The van der Waals surface area contributed by atoms with Crippen LogP contribution in [0.5, 0.6) is 5.75 Å². The maximum atomic E-state index is 9.58. The van der Waals surface area contributed by atoms with Crippen molar-refractivity contribution >= 4 is 0 Å². The van der Waals surface area contributed by atoms with Gasteiger partial charge in [-0.1, -0.05) is 13.8 Å². The number of hydrogen-bond donors (Lipinski definition) is 1. The number of nitrogens with zero attached hydrogens (tertiary/aromatic N) is 2. The van der Waals surface area contributed by atoms with Gasteiger partial charge in [0.2, 0.25) is 0 Å². The third-order valence-electron chi connectivity index (χ3n) is 1.96. The van der Waals surface area contributed by atoms with Crippen LogP contribution in [0, 0.1) is 0 Å². The molecule has 1 heterocycles. The minimum Gasteiger partial charge on any atom is -0.504 e. The summed E-state index contributed by atoms with van der Waals surface area (Å²) in [6, 6.07) is 0. The van der Waals surface area contributed by atoms with Gasteiger partial charge in [0.15, 0.2) is 5.75 Å². The average molecular weight is 182 g/mol. The fourth-order valence-electron chi connectivity index (χ4n) is 1.13. The van der Waals surface area contributed by atoms with E-state index in [0.717, 1.165) is 5.69 Å². The van der Waals surface area contributed by atoms with Crippen LogP contribution in [0.15, 0.2) is 6.20 Å². The lowest BCUT2D eigenvalue weighted by Gasteiger charge is -2.18. The Labute approximate surface area is 79.4 Å². The molecule has 1 aromatic heterocycles. The van der Waals surface area contributed by atoms with Crippen molar-refractivity contribution < 1.29 is 5.11 Å². The van der Waals surface area contributed by atoms with Gasteiger partial charge in [-0.25, -0.2) is 0 Å². The molecule has 1 N–H and O–H groups in total. The molecule has 0 aliphatic rings. The highest BCUT2D eigenvalue weighted by atomic mass is 16.3. The summed E-state index contributed by atoms with van der Waals surface area (Å²) in [4.78, 5) is 0. The van der Waals surface area contributed by atoms with E-state index in [2.05, 4.69) is 25.9 Å². The molecule has 0 saturated heterocycles. The topological polar surface area (TPSA) is 38.0 Å². The van der Waals surface area contributed by atoms with Gasteiger partial charge in [-0.2, -0.15) is 5.10 Å². The van der Waals surface area contributed by atoms with Gasteiger partial charge in [-0.15, -0.1) is 0 Å². The van der Waals surface area contributed by atoms with Crippen LogP contribution < -0.4 is 0 Å². The van der Waals surface area contributed by atoms with E-state index in [9.17, 15) is 5.11 Å². The maximum Gasteiger partial charge on any atom is 0.157 e. The van der Waals surface area contributed by atoms with Gasteiger partial charge in [0.25, 0.3) is 0 Å². The first-order valence-corrected chi connectivity index (χ1v) is 4.61. The molecule has 0 atom stereocenters. The van der Waals surface area contributed by atoms with E-state index >= 15 is 0 Å². The van der Waals surface area contributed by atoms with Crippen LogP contribution in [0.3, 0.4) is 0 Å². The van der Waals surface area contributed by atoms with Gasteiger partial charge in [0, 0.05) is 5.92 Å². The van der Waals surface area contributed by atoms with Crippen molar-refractivity contribution in [2.75, 3.05) is 0 Å². The second kappa shape index (κ2) is 3.05. The zero-order chi connectivity index (χ0) is 10.2. The molecule has 1 rings (SSSR count). The number of hydrogen-bond acceptors (Lipinski definition) is 2. The standard InChI is InChI=1S/C10H18N2O/c1-7(2)9-8(13)6-12(11-9)10(3,4)5/h6-7,13H,1-5H3. The van der Waals surface area contributed by atoms with E-state index < -0.39 is 0 Å². The molecule has 3 heteroatoms. The largest absolute Gasteiger partial charge is 0.504 e. The third kappa shape index (κ3) is 2.02. The van der Waals surface area contributed by atoms with Crippen molar-refractivity contribution in [2.24, 2.45) is 0 Å². The van der Waals surface area contributed by atoms with Crippen molar-refractivity contribution in [1.29, 1.82) is 0 Å². The van der Waals surface area contributed by atoms with Crippen LogP contribution in [0.4, 0.5) is 0 Å². The Bertz CT molecular complexity index is 294. The number of aromatic hydroxyl groups is 1. The summed E-state index contributed by atoms with van der Waals surface area (Å²) in [5, 5.41) is 13.9. The van der Waals surface area contributed by atoms with Gasteiger partial charge >= 0.3 is 0 Å². The molecule has 0 aliphatic carbocycles. The van der Waals surface area contributed by atoms with Crippen LogP contribution in [0.25, 0.3) is 0 Å². The Morgan fingerprint density at radius 3 is 2.15 bits per heavy atom. The molecule has 0 saturated carbocycles. The maximum absolute atomic E-state index is 9.58. The van der Waals surface area contributed by atoms with Crippen LogP contribution >= 0.6 is 0 Å². The Morgan fingerprint density at radius 2 is 1.92 bits per heavy atom. The van der Waals surface area contributed by atoms with E-state index in [4.69, 9.17) is 0 Å². The molecule has 0 spiro atoms. The summed E-state index contributed by atoms with van der Waals surface area (Å²) in [7, 11) is 0. The van der Waals surface area contributed by atoms with Gasteiger partial charge in [-0.3, -0.25) is 4.68 Å². The molecule has 0 unspecified atom stereocenters. The highest BCUT2D eigenvalue weighted by molar-refractivity contribution is 5.25. The van der Waals surface area contributed by atoms with Crippen molar-refractivity contribution in [3.8, 4) is 5.75 Å². The zero-order valence-electron chi connectivity index (χ0n) is 9.00. The molecular formula is C10H18N2O. The fraction of sp³-hybridized carbons (Fsp3) is 0.700. The highest BCUT2D eigenvalue weighted by Gasteiger charge is 2.18. The van der Waals surface area contributed by atoms with Crippen LogP contribution in [-0.2, 0) is 5.54 Å². The van der Waals surface area contributed by atoms with E-state index in [-0.39, 0.29) is 11.5 Å². The minimum absolute atomic E-state index is 0.0649. The van der Waals surface area contributed by atoms with E-state index in [1.54, 1.807) is 10.9 Å². The van der Waals surface area contributed by atoms with Gasteiger partial charge < -0.3 is 5.11 Å². The first kappa shape index (κ1) is 10.1. The summed E-state index contributed by atoms with van der Waals surface area (Å²) < 4.78 is 1.80. The third-order valence-corrected chi connectivity index (χ3v) is 1.96. The Kier molecular flexibility index (Phi) is 2.37. The van der Waals surface area contributed by atoms with Gasteiger partial charge in [0.05, 0.1) is 11.7 Å². The predicted molar refractivity (Wildman–Crippen MR) is 53.0 cm³/mol. The Balaban J connectivity index is 3.10. The van der Waals surface area contributed by atoms with Crippen LogP contribution in [0.1, 0.15) is 46.2 Å². The first-order chi connectivity index (χ1) is 5.82.